The number of ether oxygens (including phenoxy) is 1. The predicted octanol–water partition coefficient (Wildman–Crippen LogP) is 4.19. The first kappa shape index (κ1) is 33.3. The Labute approximate surface area is 284 Å². The third-order valence-corrected chi connectivity index (χ3v) is 12.2. The number of nitrogens with zero attached hydrogens (tertiary/aromatic N) is 5. The molecule has 2 aromatic carbocycles. The van der Waals surface area contributed by atoms with Gasteiger partial charge in [-0.15, -0.1) is 0 Å². The summed E-state index contributed by atoms with van der Waals surface area (Å²) in [5, 5.41) is 22.5. The van der Waals surface area contributed by atoms with Crippen LogP contribution < -0.4 is 10.2 Å². The molecule has 2 aromatic rings. The molecule has 5 fully saturated rings. The van der Waals surface area contributed by atoms with E-state index >= 15 is 0 Å². The van der Waals surface area contributed by atoms with E-state index in [1.807, 2.05) is 12.1 Å². The maximum absolute atomic E-state index is 15.0. The number of rotatable bonds is 11. The molecule has 10 heteroatoms. The zero-order valence-electron chi connectivity index (χ0n) is 28.3. The fraction of sp³-hybridized carbons (Fsp3) is 0.632. The van der Waals surface area contributed by atoms with E-state index in [9.17, 15) is 19.6 Å². The van der Waals surface area contributed by atoms with Crippen molar-refractivity contribution in [3.8, 4) is 6.07 Å². The van der Waals surface area contributed by atoms with Crippen LogP contribution in [0.4, 0.5) is 14.9 Å². The van der Waals surface area contributed by atoms with Crippen molar-refractivity contribution in [3.05, 3.63) is 65.0 Å². The van der Waals surface area contributed by atoms with Gasteiger partial charge in [-0.2, -0.15) is 5.26 Å². The minimum Gasteiger partial charge on any atom is -0.453 e. The first-order valence-corrected chi connectivity index (χ1v) is 18.1. The van der Waals surface area contributed by atoms with Gasteiger partial charge < -0.3 is 29.9 Å². The zero-order valence-corrected chi connectivity index (χ0v) is 28.3. The number of amides is 1. The van der Waals surface area contributed by atoms with Gasteiger partial charge in [-0.3, -0.25) is 4.90 Å². The van der Waals surface area contributed by atoms with E-state index in [0.29, 0.717) is 37.0 Å². The summed E-state index contributed by atoms with van der Waals surface area (Å²) in [6.07, 6.45) is 5.71. The van der Waals surface area contributed by atoms with Crippen LogP contribution in [0.2, 0.25) is 0 Å². The lowest BCUT2D eigenvalue weighted by Gasteiger charge is -2.54. The van der Waals surface area contributed by atoms with E-state index in [1.165, 1.54) is 19.2 Å². The van der Waals surface area contributed by atoms with E-state index in [0.717, 1.165) is 95.6 Å². The summed E-state index contributed by atoms with van der Waals surface area (Å²) >= 11 is 0. The molecule has 7 rings (SSSR count). The summed E-state index contributed by atoms with van der Waals surface area (Å²) in [6, 6.07) is 15.9. The number of β-amino-alcohol motifs (C(OH)–C–C–N with tert-alkyl or cyclic N) is 1. The molecule has 1 aliphatic carbocycles. The Morgan fingerprint density at radius 2 is 1.79 bits per heavy atom. The molecule has 2 N–H and O–H groups in total. The van der Waals surface area contributed by atoms with Crippen LogP contribution in [-0.2, 0) is 16.7 Å². The number of aliphatic hydroxyl groups excluding tert-OH is 1. The third kappa shape index (κ3) is 6.80. The molecule has 1 saturated carbocycles. The minimum absolute atomic E-state index is 0.0150. The van der Waals surface area contributed by atoms with Gasteiger partial charge in [0.15, 0.2) is 0 Å². The monoisotopic (exact) mass is 658 g/mol. The van der Waals surface area contributed by atoms with Crippen molar-refractivity contribution < 1.29 is 19.0 Å². The molecule has 48 heavy (non-hydrogen) atoms. The minimum atomic E-state index is -0.374. The summed E-state index contributed by atoms with van der Waals surface area (Å²) in [7, 11) is 1.43. The van der Waals surface area contributed by atoms with Gasteiger partial charge >= 0.3 is 6.09 Å². The van der Waals surface area contributed by atoms with E-state index in [1.54, 1.807) is 12.1 Å². The highest BCUT2D eigenvalue weighted by Gasteiger charge is 2.53. The molecule has 0 radical (unpaired) electrons. The van der Waals surface area contributed by atoms with E-state index in [2.05, 4.69) is 49.2 Å². The largest absolute Gasteiger partial charge is 0.453 e. The van der Waals surface area contributed by atoms with Gasteiger partial charge in [0.2, 0.25) is 0 Å². The van der Waals surface area contributed by atoms with Crippen LogP contribution in [0.5, 0.6) is 0 Å². The number of nitrogens with one attached hydrogen (secondary N) is 1. The normalized spacial score (nSPS) is 25.8. The highest BCUT2D eigenvalue weighted by atomic mass is 19.1. The number of hydrogen-bond donors (Lipinski definition) is 2. The molecule has 4 aliphatic heterocycles. The second-order valence-corrected chi connectivity index (χ2v) is 15.1. The Hall–Kier alpha value is -3.23. The van der Waals surface area contributed by atoms with Gasteiger partial charge in [-0.05, 0) is 112 Å². The van der Waals surface area contributed by atoms with Gasteiger partial charge in [0.1, 0.15) is 5.82 Å². The van der Waals surface area contributed by atoms with Crippen LogP contribution in [-0.4, -0.2) is 111 Å². The number of alkyl carbamates (subject to hydrolysis) is 1. The molecule has 1 unspecified atom stereocenters. The predicted molar refractivity (Wildman–Crippen MR) is 183 cm³/mol. The summed E-state index contributed by atoms with van der Waals surface area (Å²) in [4.78, 5) is 22.3. The number of hydrogen-bond acceptors (Lipinski definition) is 8. The van der Waals surface area contributed by atoms with Crippen LogP contribution in [0.25, 0.3) is 0 Å². The maximum Gasteiger partial charge on any atom is 0.407 e. The maximum atomic E-state index is 15.0. The highest BCUT2D eigenvalue weighted by Crippen LogP contribution is 2.51. The average molecular weight is 659 g/mol. The van der Waals surface area contributed by atoms with Crippen molar-refractivity contribution in [2.24, 2.45) is 17.8 Å². The lowest BCUT2D eigenvalue weighted by Crippen LogP contribution is -2.60. The topological polar surface area (TPSA) is 95.3 Å². The summed E-state index contributed by atoms with van der Waals surface area (Å²) in [5.41, 5.74) is 3.79. The highest BCUT2D eigenvalue weighted by molar-refractivity contribution is 5.67. The van der Waals surface area contributed by atoms with Gasteiger partial charge in [-0.1, -0.05) is 18.6 Å². The molecular formula is C38H51FN6O3. The van der Waals surface area contributed by atoms with Gasteiger partial charge in [0, 0.05) is 68.9 Å². The number of halogens is 1. The Morgan fingerprint density at radius 3 is 2.46 bits per heavy atom. The van der Waals surface area contributed by atoms with Crippen molar-refractivity contribution in [1.29, 1.82) is 5.26 Å². The molecule has 4 saturated heterocycles. The van der Waals surface area contributed by atoms with Crippen LogP contribution in [0, 0.1) is 34.9 Å². The number of carbonyl (C=O) groups is 1. The van der Waals surface area contributed by atoms with Gasteiger partial charge in [0.05, 0.1) is 24.8 Å². The molecule has 9 nitrogen and oxygen atoms in total. The van der Waals surface area contributed by atoms with Crippen molar-refractivity contribution in [2.75, 3.05) is 77.5 Å². The lowest BCUT2D eigenvalue weighted by molar-refractivity contribution is -0.00290. The van der Waals surface area contributed by atoms with Crippen molar-refractivity contribution in [3.63, 3.8) is 0 Å². The molecule has 258 valence electrons. The standard InChI is InChI=1S/C38H51FN6O3/c1-48-37(47)41-36-8-3-7-35(36)38(26-43-13-4-14-43,31-5-2-6-32(39)18-31)30-11-15-42(16-12-30)20-27-21-45(22-27)33-10-9-28(19-40)29(17-33)23-44-24-34(46)25-44/h2,5-6,9-10,17-18,27,30,34-36,46H,3-4,7-8,11-16,20-26H2,1H3,(H,41,47)/t35-,36-,38?/m0/s1. The van der Waals surface area contributed by atoms with Crippen LogP contribution in [0.1, 0.15) is 55.2 Å². The second-order valence-electron chi connectivity index (χ2n) is 15.1. The Balaban J connectivity index is 1.02. The fourth-order valence-corrected chi connectivity index (χ4v) is 9.56. The average Bonchev–Trinajstić information content (AvgIpc) is 3.50. The molecule has 1 amide bonds. The lowest BCUT2D eigenvalue weighted by atomic mass is 9.57. The first-order chi connectivity index (χ1) is 23.3. The van der Waals surface area contributed by atoms with Crippen molar-refractivity contribution in [1.82, 2.24) is 20.0 Å². The number of carbonyl (C=O) groups excluding carboxylic acids is 1. The van der Waals surface area contributed by atoms with E-state index in [4.69, 9.17) is 4.74 Å². The van der Waals surface area contributed by atoms with Crippen LogP contribution >= 0.6 is 0 Å². The smallest absolute Gasteiger partial charge is 0.407 e. The molecule has 0 aromatic heterocycles. The van der Waals surface area contributed by atoms with Crippen molar-refractivity contribution in [2.45, 2.75) is 62.6 Å². The number of benzene rings is 2. The van der Waals surface area contributed by atoms with Gasteiger partial charge in [0.25, 0.3) is 0 Å². The van der Waals surface area contributed by atoms with Crippen molar-refractivity contribution >= 4 is 11.8 Å². The summed E-state index contributed by atoms with van der Waals surface area (Å²) in [6.45, 7) is 10.3. The number of methoxy groups -OCH3 is 1. The molecule has 0 spiro atoms. The van der Waals surface area contributed by atoms with Crippen LogP contribution in [0.15, 0.2) is 42.5 Å². The van der Waals surface area contributed by atoms with E-state index in [-0.39, 0.29) is 35.4 Å². The Bertz CT molecular complexity index is 1480. The Kier molecular flexibility index (Phi) is 9.93. The summed E-state index contributed by atoms with van der Waals surface area (Å²) < 4.78 is 20.0. The molecule has 0 bridgehead atoms. The first-order valence-electron chi connectivity index (χ1n) is 18.1. The number of piperidine rings is 1. The number of likely N-dealkylation sites (tertiary alicyclic amines) is 3. The molecule has 4 heterocycles. The van der Waals surface area contributed by atoms with Gasteiger partial charge in [-0.25, -0.2) is 9.18 Å². The second kappa shape index (κ2) is 14.3. The Morgan fingerprint density at radius 1 is 1.00 bits per heavy atom. The third-order valence-electron chi connectivity index (χ3n) is 12.2. The summed E-state index contributed by atoms with van der Waals surface area (Å²) in [5.74, 6) is 1.03. The molecular weight excluding hydrogens is 607 g/mol. The number of nitriles is 1. The zero-order chi connectivity index (χ0) is 33.3. The van der Waals surface area contributed by atoms with E-state index < -0.39 is 0 Å². The quantitative estimate of drug-likeness (QED) is 0.372. The molecule has 3 atom stereocenters. The fourth-order valence-electron chi connectivity index (χ4n) is 9.56. The number of anilines is 1. The SMILES string of the molecule is COC(=O)N[C@H]1CCC[C@@H]1C(CN1CCC1)(c1cccc(F)c1)C1CCN(CC2CN(c3ccc(C#N)c(CN4CC(O)C4)c3)C2)CC1. The molecule has 5 aliphatic rings. The van der Waals surface area contributed by atoms with Crippen LogP contribution in [0.3, 0.4) is 0 Å². The number of aliphatic hydroxyl groups is 1.